The summed E-state index contributed by atoms with van der Waals surface area (Å²) < 4.78 is 78.6. The molecule has 0 bridgehead atoms. The van der Waals surface area contributed by atoms with Gasteiger partial charge in [-0.2, -0.15) is 30.0 Å². The Morgan fingerprint density at radius 2 is 1.46 bits per heavy atom. The van der Waals surface area contributed by atoms with Gasteiger partial charge in [-0.1, -0.05) is 4.33 Å². The largest absolute Gasteiger partial charge is 0.524 e. The van der Waals surface area contributed by atoms with Crippen LogP contribution in [0.25, 0.3) is 0 Å². The van der Waals surface area contributed by atoms with E-state index >= 15 is 0 Å². The van der Waals surface area contributed by atoms with Gasteiger partial charge in [0, 0.05) is 0 Å². The molecule has 0 aromatic heterocycles. The smallest absolute Gasteiger partial charge is 0.233 e. The quantitative estimate of drug-likeness (QED) is 0.409. The minimum atomic E-state index is -6.34. The number of rotatable bonds is 3. The van der Waals surface area contributed by atoms with Crippen molar-refractivity contribution in [1.29, 1.82) is 0 Å². The van der Waals surface area contributed by atoms with Gasteiger partial charge in [-0.3, -0.25) is 0 Å². The molecule has 0 radical (unpaired) electrons. The van der Waals surface area contributed by atoms with Crippen molar-refractivity contribution in [3.63, 3.8) is 0 Å². The van der Waals surface area contributed by atoms with Crippen molar-refractivity contribution < 1.29 is 43.2 Å². The van der Waals surface area contributed by atoms with Crippen LogP contribution in [0.15, 0.2) is 0 Å². The Morgan fingerprint density at radius 3 is 1.69 bits per heavy atom. The van der Waals surface area contributed by atoms with Gasteiger partial charge < -0.3 is 0 Å². The fraction of sp³-hybridized carbons (Fsp3) is 1.00. The van der Waals surface area contributed by atoms with Crippen molar-refractivity contribution in [3.8, 4) is 0 Å². The molecular formula is CHF3O7S2. The lowest BCUT2D eigenvalue weighted by Gasteiger charge is -2.05. The SMILES string of the molecule is O=S(=O)(OO)OS(=O)(=O)C(F)(F)F. The zero-order valence-corrected chi connectivity index (χ0v) is 6.98. The standard InChI is InChI=1S/CHF3O7S2/c2-1(3,4)12(6,7)11-13(8,9)10-5/h5H. The van der Waals surface area contributed by atoms with Crippen molar-refractivity contribution >= 4 is 20.5 Å². The van der Waals surface area contributed by atoms with Crippen LogP contribution in [0, 0.1) is 0 Å². The maximum Gasteiger partial charge on any atom is 0.524 e. The molecule has 0 unspecified atom stereocenters. The second-order valence-corrected chi connectivity index (χ2v) is 4.33. The van der Waals surface area contributed by atoms with Gasteiger partial charge in [0.05, 0.1) is 0 Å². The molecule has 0 atom stereocenters. The molecule has 0 heterocycles. The molecule has 7 nitrogen and oxygen atoms in total. The molecule has 0 aromatic carbocycles. The van der Waals surface area contributed by atoms with E-state index in [-0.39, 0.29) is 0 Å². The highest BCUT2D eigenvalue weighted by molar-refractivity contribution is 7.98. The highest BCUT2D eigenvalue weighted by atomic mass is 32.3. The lowest BCUT2D eigenvalue weighted by atomic mass is 11.6. The van der Waals surface area contributed by atoms with Gasteiger partial charge in [-0.05, 0) is 0 Å². The molecule has 0 spiro atoms. The van der Waals surface area contributed by atoms with Crippen LogP contribution in [0.1, 0.15) is 0 Å². The molecule has 80 valence electrons. The van der Waals surface area contributed by atoms with Crippen LogP contribution in [-0.2, 0) is 28.5 Å². The first kappa shape index (κ1) is 12.6. The Labute approximate surface area is 70.1 Å². The van der Waals surface area contributed by atoms with E-state index in [9.17, 15) is 30.0 Å². The van der Waals surface area contributed by atoms with E-state index in [0.29, 0.717) is 0 Å². The van der Waals surface area contributed by atoms with Gasteiger partial charge in [0.15, 0.2) is 0 Å². The minimum Gasteiger partial charge on any atom is -0.233 e. The molecule has 0 fully saturated rings. The van der Waals surface area contributed by atoms with E-state index in [1.54, 1.807) is 0 Å². The topological polar surface area (TPSA) is 107 Å². The summed E-state index contributed by atoms with van der Waals surface area (Å²) in [6.07, 6.45) is 0. The third-order valence-corrected chi connectivity index (χ3v) is 2.68. The van der Waals surface area contributed by atoms with Gasteiger partial charge in [0.2, 0.25) is 0 Å². The third-order valence-electron chi connectivity index (χ3n) is 0.548. The Morgan fingerprint density at radius 1 is 1.08 bits per heavy atom. The highest BCUT2D eigenvalue weighted by Gasteiger charge is 2.50. The van der Waals surface area contributed by atoms with Crippen molar-refractivity contribution in [3.05, 3.63) is 0 Å². The van der Waals surface area contributed by atoms with E-state index in [1.807, 2.05) is 0 Å². The second kappa shape index (κ2) is 3.38. The minimum absolute atomic E-state index is 2.34. The molecule has 0 amide bonds. The summed E-state index contributed by atoms with van der Waals surface area (Å²) in [4.78, 5) is 0. The van der Waals surface area contributed by atoms with Crippen molar-refractivity contribution in [2.45, 2.75) is 5.51 Å². The van der Waals surface area contributed by atoms with E-state index in [2.05, 4.69) is 7.96 Å². The fourth-order valence-electron chi connectivity index (χ4n) is 0.161. The molecule has 13 heavy (non-hydrogen) atoms. The second-order valence-electron chi connectivity index (χ2n) is 1.45. The van der Waals surface area contributed by atoms with Crippen molar-refractivity contribution in [2.75, 3.05) is 0 Å². The van der Waals surface area contributed by atoms with Crippen molar-refractivity contribution in [2.24, 2.45) is 0 Å². The number of alkyl halides is 3. The van der Waals surface area contributed by atoms with Crippen LogP contribution >= 0.6 is 0 Å². The summed E-state index contributed by atoms with van der Waals surface area (Å²) in [7, 11) is -12.0. The zero-order valence-electron chi connectivity index (χ0n) is 5.35. The van der Waals surface area contributed by atoms with E-state index in [0.717, 1.165) is 0 Å². The summed E-state index contributed by atoms with van der Waals surface area (Å²) in [5.74, 6) is 0. The summed E-state index contributed by atoms with van der Waals surface area (Å²) in [6, 6.07) is 0. The van der Waals surface area contributed by atoms with Crippen LogP contribution in [-0.4, -0.2) is 27.6 Å². The maximum atomic E-state index is 11.4. The molecule has 0 aliphatic rings. The number of hydrogen-bond acceptors (Lipinski definition) is 7. The Balaban J connectivity index is 4.97. The Kier molecular flexibility index (Phi) is 3.26. The van der Waals surface area contributed by atoms with E-state index in [4.69, 9.17) is 5.26 Å². The monoisotopic (exact) mass is 246 g/mol. The fourth-order valence-corrected chi connectivity index (χ4v) is 1.45. The maximum absolute atomic E-state index is 11.4. The van der Waals surface area contributed by atoms with Crippen LogP contribution in [0.3, 0.4) is 0 Å². The van der Waals surface area contributed by atoms with Gasteiger partial charge in [-0.25, -0.2) is 5.26 Å². The number of halogens is 3. The van der Waals surface area contributed by atoms with Gasteiger partial charge in [-0.15, -0.1) is 3.63 Å². The Bertz CT molecular complexity index is 359. The Hall–Kier alpha value is -0.430. The first-order valence-electron chi connectivity index (χ1n) is 2.12. The third kappa shape index (κ3) is 3.43. The summed E-state index contributed by atoms with van der Waals surface area (Å²) in [5, 5.41) is 7.38. The molecular weight excluding hydrogens is 245 g/mol. The average Bonchev–Trinajstić information content (AvgIpc) is 1.83. The van der Waals surface area contributed by atoms with Crippen LogP contribution in [0.5, 0.6) is 0 Å². The van der Waals surface area contributed by atoms with E-state index in [1.165, 1.54) is 0 Å². The molecule has 0 saturated heterocycles. The molecule has 0 aromatic rings. The molecule has 12 heteroatoms. The lowest BCUT2D eigenvalue weighted by Crippen LogP contribution is -2.28. The number of hydrogen-bond donors (Lipinski definition) is 1. The normalized spacial score (nSPS) is 14.5. The van der Waals surface area contributed by atoms with Gasteiger partial charge in [0.1, 0.15) is 0 Å². The van der Waals surface area contributed by atoms with E-state index < -0.39 is 26.0 Å². The average molecular weight is 246 g/mol. The first-order chi connectivity index (χ1) is 5.52. The molecule has 0 rings (SSSR count). The van der Waals surface area contributed by atoms with Crippen molar-refractivity contribution in [1.82, 2.24) is 0 Å². The molecule has 1 N–H and O–H groups in total. The zero-order chi connectivity index (χ0) is 10.9. The molecule has 0 aliphatic heterocycles. The summed E-state index contributed by atoms with van der Waals surface area (Å²) in [6.45, 7) is 0. The lowest BCUT2D eigenvalue weighted by molar-refractivity contribution is -0.139. The summed E-state index contributed by atoms with van der Waals surface area (Å²) in [5.41, 5.74) is -5.92. The van der Waals surface area contributed by atoms with Crippen LogP contribution < -0.4 is 0 Å². The highest BCUT2D eigenvalue weighted by Crippen LogP contribution is 2.25. The van der Waals surface area contributed by atoms with Gasteiger partial charge in [0.25, 0.3) is 0 Å². The summed E-state index contributed by atoms with van der Waals surface area (Å²) >= 11 is 0. The van der Waals surface area contributed by atoms with Gasteiger partial charge >= 0.3 is 26.0 Å². The first-order valence-corrected chi connectivity index (χ1v) is 4.86. The predicted octanol–water partition coefficient (Wildman–Crippen LogP) is -0.413. The predicted molar refractivity (Wildman–Crippen MR) is 28.7 cm³/mol. The molecule has 0 saturated carbocycles. The van der Waals surface area contributed by atoms with Crippen LogP contribution in [0.4, 0.5) is 13.2 Å². The molecule has 0 aliphatic carbocycles. The van der Waals surface area contributed by atoms with Crippen LogP contribution in [0.2, 0.25) is 0 Å².